The van der Waals surface area contributed by atoms with E-state index in [9.17, 15) is 0 Å². The molecule has 3 nitrogen and oxygen atoms in total. The third kappa shape index (κ3) is 2.92. The van der Waals surface area contributed by atoms with Gasteiger partial charge < -0.3 is 0 Å². The number of rotatable bonds is 1. The molecule has 1 saturated carbocycles. The Labute approximate surface area is 95.9 Å². The standard InChI is InChI=1S/C8H7N3.C5H10/c1-2-5-9-7(3-1)8-4-6-10-11-8;1-4-3-5(4)2/h1-6H,(H,10,11);4-5H,3H2,1-2H3/t;4-,5?/m.0/s1. The van der Waals surface area contributed by atoms with Crippen molar-refractivity contribution in [3.63, 3.8) is 0 Å². The first kappa shape index (κ1) is 10.9. The van der Waals surface area contributed by atoms with Crippen molar-refractivity contribution in [1.82, 2.24) is 15.2 Å². The van der Waals surface area contributed by atoms with E-state index in [-0.39, 0.29) is 0 Å². The second-order valence-electron chi connectivity index (χ2n) is 4.38. The number of aromatic amines is 1. The number of hydrogen-bond acceptors (Lipinski definition) is 2. The Hall–Kier alpha value is -1.64. The van der Waals surface area contributed by atoms with Crippen LogP contribution in [0.3, 0.4) is 0 Å². The molecule has 0 radical (unpaired) electrons. The van der Waals surface area contributed by atoms with E-state index < -0.39 is 0 Å². The van der Waals surface area contributed by atoms with E-state index in [1.165, 1.54) is 6.42 Å². The van der Waals surface area contributed by atoms with Gasteiger partial charge in [-0.3, -0.25) is 10.1 Å². The van der Waals surface area contributed by atoms with E-state index in [0.29, 0.717) is 0 Å². The molecule has 0 aliphatic heterocycles. The fourth-order valence-electron chi connectivity index (χ4n) is 1.43. The largest absolute Gasteiger partial charge is 0.276 e. The minimum atomic E-state index is 0.921. The van der Waals surface area contributed by atoms with Gasteiger partial charge in [0.2, 0.25) is 0 Å². The SMILES string of the molecule is CC1C[C@@H]1C.c1ccc(-c2ccn[nH]2)nc1. The van der Waals surface area contributed by atoms with Gasteiger partial charge in [0.25, 0.3) is 0 Å². The molecule has 2 atom stereocenters. The monoisotopic (exact) mass is 215 g/mol. The van der Waals surface area contributed by atoms with E-state index in [2.05, 4.69) is 29.0 Å². The number of pyridine rings is 1. The van der Waals surface area contributed by atoms with Gasteiger partial charge in [-0.2, -0.15) is 5.10 Å². The van der Waals surface area contributed by atoms with Crippen molar-refractivity contribution in [1.29, 1.82) is 0 Å². The summed E-state index contributed by atoms with van der Waals surface area (Å²) in [5.41, 5.74) is 1.87. The number of nitrogens with one attached hydrogen (secondary N) is 1. The molecule has 2 aromatic rings. The highest BCUT2D eigenvalue weighted by Crippen LogP contribution is 2.36. The molecule has 0 amide bonds. The summed E-state index contributed by atoms with van der Waals surface area (Å²) in [6.07, 6.45) is 4.94. The third-order valence-corrected chi connectivity index (χ3v) is 2.95. The number of aromatic nitrogens is 3. The second-order valence-corrected chi connectivity index (χ2v) is 4.38. The minimum Gasteiger partial charge on any atom is -0.276 e. The Morgan fingerprint density at radius 1 is 1.12 bits per heavy atom. The number of H-pyrrole nitrogens is 1. The van der Waals surface area contributed by atoms with Crippen LogP contribution in [0.15, 0.2) is 36.7 Å². The quantitative estimate of drug-likeness (QED) is 0.794. The summed E-state index contributed by atoms with van der Waals surface area (Å²) in [5, 5.41) is 6.67. The molecule has 3 heteroatoms. The average Bonchev–Trinajstić information content (AvgIpc) is 2.82. The van der Waals surface area contributed by atoms with Gasteiger partial charge in [-0.05, 0) is 36.5 Å². The Morgan fingerprint density at radius 2 is 1.88 bits per heavy atom. The predicted molar refractivity (Wildman–Crippen MR) is 64.8 cm³/mol. The minimum absolute atomic E-state index is 0.921. The molecule has 1 unspecified atom stereocenters. The molecule has 16 heavy (non-hydrogen) atoms. The van der Waals surface area contributed by atoms with Gasteiger partial charge in [0, 0.05) is 12.4 Å². The normalized spacial score (nSPS) is 22.1. The van der Waals surface area contributed by atoms with Crippen LogP contribution in [0.4, 0.5) is 0 Å². The smallest absolute Gasteiger partial charge is 0.0880 e. The van der Waals surface area contributed by atoms with Crippen molar-refractivity contribution in [2.45, 2.75) is 20.3 Å². The molecule has 1 N–H and O–H groups in total. The zero-order valence-electron chi connectivity index (χ0n) is 9.72. The summed E-state index contributed by atoms with van der Waals surface area (Å²) in [6, 6.07) is 7.67. The molecule has 0 aromatic carbocycles. The third-order valence-electron chi connectivity index (χ3n) is 2.95. The molecule has 2 aromatic heterocycles. The summed E-state index contributed by atoms with van der Waals surface area (Å²) in [6.45, 7) is 4.59. The van der Waals surface area contributed by atoms with Gasteiger partial charge >= 0.3 is 0 Å². The summed E-state index contributed by atoms with van der Waals surface area (Å²) in [7, 11) is 0. The van der Waals surface area contributed by atoms with E-state index in [0.717, 1.165) is 23.2 Å². The lowest BCUT2D eigenvalue weighted by Crippen LogP contribution is -1.80. The predicted octanol–water partition coefficient (Wildman–Crippen LogP) is 3.13. The first-order valence-electron chi connectivity index (χ1n) is 5.68. The van der Waals surface area contributed by atoms with Crippen molar-refractivity contribution in [3.05, 3.63) is 36.7 Å². The first-order valence-corrected chi connectivity index (χ1v) is 5.68. The van der Waals surface area contributed by atoms with Gasteiger partial charge in [-0.15, -0.1) is 0 Å². The zero-order valence-corrected chi connectivity index (χ0v) is 9.72. The summed E-state index contributed by atoms with van der Waals surface area (Å²) < 4.78 is 0. The maximum Gasteiger partial charge on any atom is 0.0880 e. The fraction of sp³-hybridized carbons (Fsp3) is 0.385. The molecule has 1 aliphatic carbocycles. The Balaban J connectivity index is 0.000000162. The number of nitrogens with zero attached hydrogens (tertiary/aromatic N) is 2. The van der Waals surface area contributed by atoms with E-state index >= 15 is 0 Å². The zero-order chi connectivity index (χ0) is 11.4. The number of hydrogen-bond donors (Lipinski definition) is 1. The Morgan fingerprint density at radius 3 is 2.31 bits per heavy atom. The van der Waals surface area contributed by atoms with Gasteiger partial charge in [0.1, 0.15) is 0 Å². The van der Waals surface area contributed by atoms with Crippen LogP contribution in [-0.4, -0.2) is 15.2 Å². The average molecular weight is 215 g/mol. The van der Waals surface area contributed by atoms with Crippen LogP contribution in [0, 0.1) is 11.8 Å². The second kappa shape index (κ2) is 4.92. The maximum absolute atomic E-state index is 4.15. The van der Waals surface area contributed by atoms with Crippen LogP contribution in [0.5, 0.6) is 0 Å². The van der Waals surface area contributed by atoms with Crippen molar-refractivity contribution >= 4 is 0 Å². The molecule has 0 bridgehead atoms. The molecular weight excluding hydrogens is 198 g/mol. The highest BCUT2D eigenvalue weighted by molar-refractivity contribution is 5.52. The van der Waals surface area contributed by atoms with Gasteiger partial charge in [-0.25, -0.2) is 0 Å². The summed E-state index contributed by atoms with van der Waals surface area (Å²) in [5.74, 6) is 2.10. The van der Waals surface area contributed by atoms with Gasteiger partial charge in [0.15, 0.2) is 0 Å². The van der Waals surface area contributed by atoms with Crippen LogP contribution in [0.1, 0.15) is 20.3 Å². The van der Waals surface area contributed by atoms with E-state index in [1.54, 1.807) is 12.4 Å². The fourth-order valence-corrected chi connectivity index (χ4v) is 1.43. The van der Waals surface area contributed by atoms with Crippen LogP contribution in [0.2, 0.25) is 0 Å². The van der Waals surface area contributed by atoms with Crippen molar-refractivity contribution in [3.8, 4) is 11.4 Å². The first-order chi connectivity index (χ1) is 7.77. The molecule has 1 aliphatic rings. The van der Waals surface area contributed by atoms with E-state index in [4.69, 9.17) is 0 Å². The molecular formula is C13H17N3. The molecule has 3 rings (SSSR count). The maximum atomic E-state index is 4.15. The Kier molecular flexibility index (Phi) is 3.34. The molecule has 84 valence electrons. The summed E-state index contributed by atoms with van der Waals surface area (Å²) in [4.78, 5) is 4.15. The highest BCUT2D eigenvalue weighted by Gasteiger charge is 2.26. The molecule has 0 spiro atoms. The topological polar surface area (TPSA) is 41.6 Å². The van der Waals surface area contributed by atoms with Crippen molar-refractivity contribution < 1.29 is 0 Å². The lowest BCUT2D eigenvalue weighted by atomic mass is 10.3. The van der Waals surface area contributed by atoms with Crippen LogP contribution >= 0.6 is 0 Å². The van der Waals surface area contributed by atoms with Gasteiger partial charge in [-0.1, -0.05) is 19.9 Å². The lowest BCUT2D eigenvalue weighted by Gasteiger charge is -1.92. The lowest BCUT2D eigenvalue weighted by molar-refractivity contribution is 0.834. The highest BCUT2D eigenvalue weighted by atomic mass is 15.1. The van der Waals surface area contributed by atoms with Crippen LogP contribution in [0.25, 0.3) is 11.4 Å². The molecule has 1 fully saturated rings. The van der Waals surface area contributed by atoms with Gasteiger partial charge in [0.05, 0.1) is 11.4 Å². The van der Waals surface area contributed by atoms with Crippen molar-refractivity contribution in [2.75, 3.05) is 0 Å². The van der Waals surface area contributed by atoms with Crippen molar-refractivity contribution in [2.24, 2.45) is 11.8 Å². The molecule has 2 heterocycles. The summed E-state index contributed by atoms with van der Waals surface area (Å²) >= 11 is 0. The molecule has 0 saturated heterocycles. The van der Waals surface area contributed by atoms with E-state index in [1.807, 2.05) is 24.3 Å². The van der Waals surface area contributed by atoms with Crippen LogP contribution in [-0.2, 0) is 0 Å². The Bertz CT molecular complexity index is 402. The van der Waals surface area contributed by atoms with Crippen LogP contribution < -0.4 is 0 Å².